The van der Waals surface area contributed by atoms with Crippen molar-refractivity contribution in [1.29, 1.82) is 0 Å². The quantitative estimate of drug-likeness (QED) is 0.577. The number of nitrogens with one attached hydrogen (secondary N) is 2. The summed E-state index contributed by atoms with van der Waals surface area (Å²) in [4.78, 5) is 27.0. The maximum absolute atomic E-state index is 12.2. The number of carbonyl (C=O) groups excluding carboxylic acids is 1. The van der Waals surface area contributed by atoms with E-state index in [1.165, 1.54) is 36.3 Å². The van der Waals surface area contributed by atoms with Gasteiger partial charge in [0.25, 0.3) is 11.6 Å². The molecule has 2 heterocycles. The Balaban J connectivity index is 0.00000243. The first-order chi connectivity index (χ1) is 12.1. The van der Waals surface area contributed by atoms with Gasteiger partial charge < -0.3 is 10.6 Å². The van der Waals surface area contributed by atoms with E-state index in [4.69, 9.17) is 0 Å². The average Bonchev–Trinajstić information content (AvgIpc) is 3.13. The fourth-order valence-electron chi connectivity index (χ4n) is 2.91. The smallest absolute Gasteiger partial charge is 0.270 e. The third-order valence-corrected chi connectivity index (χ3v) is 5.17. The molecule has 1 saturated heterocycles. The molecule has 1 amide bonds. The number of nitro groups is 1. The van der Waals surface area contributed by atoms with Crippen molar-refractivity contribution in [3.8, 4) is 10.6 Å². The van der Waals surface area contributed by atoms with Gasteiger partial charge in [-0.1, -0.05) is 12.1 Å². The van der Waals surface area contributed by atoms with Gasteiger partial charge in [-0.15, -0.1) is 23.7 Å². The Labute approximate surface area is 161 Å². The van der Waals surface area contributed by atoms with E-state index >= 15 is 0 Å². The largest absolute Gasteiger partial charge is 0.351 e. The van der Waals surface area contributed by atoms with E-state index in [1.807, 2.05) is 0 Å². The van der Waals surface area contributed by atoms with Crippen molar-refractivity contribution in [2.75, 3.05) is 19.6 Å². The predicted molar refractivity (Wildman–Crippen MR) is 104 cm³/mol. The van der Waals surface area contributed by atoms with Crippen LogP contribution in [-0.4, -0.2) is 35.4 Å². The van der Waals surface area contributed by atoms with Crippen LogP contribution in [0.25, 0.3) is 10.6 Å². The summed E-state index contributed by atoms with van der Waals surface area (Å²) >= 11 is 1.31. The van der Waals surface area contributed by atoms with Crippen LogP contribution in [0.3, 0.4) is 0 Å². The zero-order valence-electron chi connectivity index (χ0n) is 14.1. The molecule has 1 aliphatic rings. The molecule has 1 fully saturated rings. The molecule has 2 N–H and O–H groups in total. The van der Waals surface area contributed by atoms with Gasteiger partial charge >= 0.3 is 0 Å². The molecule has 1 aliphatic heterocycles. The van der Waals surface area contributed by atoms with Crippen LogP contribution in [0.2, 0.25) is 0 Å². The van der Waals surface area contributed by atoms with Gasteiger partial charge in [-0.05, 0) is 38.3 Å². The topological polar surface area (TPSA) is 97.2 Å². The maximum atomic E-state index is 12.2. The van der Waals surface area contributed by atoms with Gasteiger partial charge in [-0.25, -0.2) is 4.98 Å². The SMILES string of the molecule is Cl.O=C(NCCC1CCCNC1)c1csc(-c2cccc([N+](=O)[O-])c2)n1. The molecule has 1 unspecified atom stereocenters. The van der Waals surface area contributed by atoms with E-state index in [1.54, 1.807) is 17.5 Å². The van der Waals surface area contributed by atoms with Crippen molar-refractivity contribution in [2.45, 2.75) is 19.3 Å². The zero-order valence-corrected chi connectivity index (χ0v) is 15.8. The summed E-state index contributed by atoms with van der Waals surface area (Å²) in [5.41, 5.74) is 1.01. The lowest BCUT2D eigenvalue weighted by Crippen LogP contribution is -2.33. The molecule has 9 heteroatoms. The van der Waals surface area contributed by atoms with Crippen molar-refractivity contribution in [2.24, 2.45) is 5.92 Å². The first kappa shape index (κ1) is 20.3. The van der Waals surface area contributed by atoms with Gasteiger partial charge in [0, 0.05) is 29.6 Å². The summed E-state index contributed by atoms with van der Waals surface area (Å²) in [6.45, 7) is 2.74. The summed E-state index contributed by atoms with van der Waals surface area (Å²) in [5.74, 6) is 0.418. The number of non-ortho nitro benzene ring substituents is 1. The number of carbonyl (C=O) groups is 1. The number of nitro benzene ring substituents is 1. The molecular weight excluding hydrogens is 376 g/mol. The van der Waals surface area contributed by atoms with Crippen LogP contribution in [0.4, 0.5) is 5.69 Å². The number of hydrogen-bond acceptors (Lipinski definition) is 6. The Morgan fingerprint density at radius 1 is 1.46 bits per heavy atom. The highest BCUT2D eigenvalue weighted by atomic mass is 35.5. The Bertz CT molecular complexity index is 762. The van der Waals surface area contributed by atoms with Crippen LogP contribution in [0.5, 0.6) is 0 Å². The molecule has 1 aromatic carbocycles. The molecule has 1 atom stereocenters. The Hall–Kier alpha value is -2.03. The second-order valence-electron chi connectivity index (χ2n) is 6.10. The monoisotopic (exact) mass is 396 g/mol. The third kappa shape index (κ3) is 5.23. The second kappa shape index (κ2) is 9.61. The zero-order chi connectivity index (χ0) is 17.6. The van der Waals surface area contributed by atoms with Crippen molar-refractivity contribution in [3.63, 3.8) is 0 Å². The number of thiazole rings is 1. The lowest BCUT2D eigenvalue weighted by atomic mass is 9.96. The fraction of sp³-hybridized carbons (Fsp3) is 0.412. The first-order valence-electron chi connectivity index (χ1n) is 8.33. The van der Waals surface area contributed by atoms with E-state index in [9.17, 15) is 14.9 Å². The van der Waals surface area contributed by atoms with Gasteiger partial charge in [0.15, 0.2) is 0 Å². The summed E-state index contributed by atoms with van der Waals surface area (Å²) in [6.07, 6.45) is 3.36. The Morgan fingerprint density at radius 3 is 3.04 bits per heavy atom. The fourth-order valence-corrected chi connectivity index (χ4v) is 3.71. The summed E-state index contributed by atoms with van der Waals surface area (Å²) in [6, 6.07) is 6.28. The lowest BCUT2D eigenvalue weighted by molar-refractivity contribution is -0.384. The molecule has 0 spiro atoms. The minimum absolute atomic E-state index is 0. The van der Waals surface area contributed by atoms with Crippen LogP contribution in [0.15, 0.2) is 29.6 Å². The lowest BCUT2D eigenvalue weighted by Gasteiger charge is -2.22. The molecular formula is C17H21ClN4O3S. The highest BCUT2D eigenvalue weighted by molar-refractivity contribution is 7.13. The standard InChI is InChI=1S/C17H20N4O3S.ClH/c22-16(19-8-6-12-3-2-7-18-10-12)15-11-25-17(20-15)13-4-1-5-14(9-13)21(23)24;/h1,4-5,9,11-12,18H,2-3,6-8,10H2,(H,19,22);1H. The number of hydrogen-bond donors (Lipinski definition) is 2. The van der Waals surface area contributed by atoms with E-state index < -0.39 is 4.92 Å². The predicted octanol–water partition coefficient (Wildman–Crippen LogP) is 3.26. The molecule has 140 valence electrons. The minimum Gasteiger partial charge on any atom is -0.351 e. The van der Waals surface area contributed by atoms with Gasteiger partial charge in [0.2, 0.25) is 0 Å². The van der Waals surface area contributed by atoms with Gasteiger partial charge in [-0.2, -0.15) is 0 Å². The number of amides is 1. The van der Waals surface area contributed by atoms with Crippen molar-refractivity contribution < 1.29 is 9.72 Å². The summed E-state index contributed by atoms with van der Waals surface area (Å²) < 4.78 is 0. The van der Waals surface area contributed by atoms with Crippen LogP contribution < -0.4 is 10.6 Å². The van der Waals surface area contributed by atoms with Crippen LogP contribution >= 0.6 is 23.7 Å². The molecule has 26 heavy (non-hydrogen) atoms. The van der Waals surface area contributed by atoms with E-state index in [2.05, 4.69) is 15.6 Å². The van der Waals surface area contributed by atoms with Crippen molar-refractivity contribution >= 4 is 35.3 Å². The Morgan fingerprint density at radius 2 is 2.31 bits per heavy atom. The van der Waals surface area contributed by atoms with E-state index in [0.717, 1.165) is 19.5 Å². The highest BCUT2D eigenvalue weighted by Crippen LogP contribution is 2.26. The van der Waals surface area contributed by atoms with Gasteiger partial charge in [0.05, 0.1) is 4.92 Å². The van der Waals surface area contributed by atoms with Crippen LogP contribution in [0, 0.1) is 16.0 Å². The highest BCUT2D eigenvalue weighted by Gasteiger charge is 2.16. The molecule has 0 aliphatic carbocycles. The number of nitrogens with zero attached hydrogens (tertiary/aromatic N) is 2. The van der Waals surface area contributed by atoms with Gasteiger partial charge in [0.1, 0.15) is 10.7 Å². The normalized spacial score (nSPS) is 16.5. The summed E-state index contributed by atoms with van der Waals surface area (Å²) in [7, 11) is 0. The molecule has 0 saturated carbocycles. The third-order valence-electron chi connectivity index (χ3n) is 4.28. The average molecular weight is 397 g/mol. The second-order valence-corrected chi connectivity index (χ2v) is 6.96. The number of halogens is 1. The number of benzene rings is 1. The molecule has 0 radical (unpaired) electrons. The number of aromatic nitrogens is 1. The van der Waals surface area contributed by atoms with Crippen molar-refractivity contribution in [1.82, 2.24) is 15.6 Å². The van der Waals surface area contributed by atoms with Crippen molar-refractivity contribution in [3.05, 3.63) is 45.5 Å². The molecule has 1 aromatic heterocycles. The molecule has 0 bridgehead atoms. The maximum Gasteiger partial charge on any atom is 0.270 e. The number of piperidine rings is 1. The minimum atomic E-state index is -0.440. The summed E-state index contributed by atoms with van der Waals surface area (Å²) in [5, 5.41) is 19.4. The molecule has 2 aromatic rings. The molecule has 3 rings (SSSR count). The van der Waals surface area contributed by atoms with Crippen LogP contribution in [0.1, 0.15) is 29.8 Å². The Kier molecular flexibility index (Phi) is 7.50. The van der Waals surface area contributed by atoms with E-state index in [-0.39, 0.29) is 24.0 Å². The van der Waals surface area contributed by atoms with E-state index in [0.29, 0.717) is 28.7 Å². The number of rotatable bonds is 6. The molecule has 7 nitrogen and oxygen atoms in total. The first-order valence-corrected chi connectivity index (χ1v) is 9.21. The van der Waals surface area contributed by atoms with Crippen LogP contribution in [-0.2, 0) is 0 Å². The van der Waals surface area contributed by atoms with Gasteiger partial charge in [-0.3, -0.25) is 14.9 Å².